The van der Waals surface area contributed by atoms with E-state index >= 15 is 0 Å². The van der Waals surface area contributed by atoms with E-state index in [4.69, 9.17) is 18.9 Å². The predicted molar refractivity (Wildman–Crippen MR) is 275 cm³/mol. The molecule has 0 heterocycles. The fourth-order valence-corrected chi connectivity index (χ4v) is 11.4. The Kier molecular flexibility index (Phi) is 33.9. The third-order valence-corrected chi connectivity index (χ3v) is 14.9. The van der Waals surface area contributed by atoms with Crippen molar-refractivity contribution in [2.45, 2.75) is 142 Å². The number of halogens is 2. The van der Waals surface area contributed by atoms with Crippen molar-refractivity contribution >= 4 is 50.1 Å². The fraction of sp³-hybridized carbons (Fsp3) is 0.692. The molecule has 6 aliphatic carbocycles. The Morgan fingerprint density at radius 3 is 1.22 bits per heavy atom. The summed E-state index contributed by atoms with van der Waals surface area (Å²) in [6, 6.07) is 0. The first-order chi connectivity index (χ1) is 29.6. The van der Waals surface area contributed by atoms with Crippen LogP contribution in [-0.4, -0.2) is 104 Å². The first-order valence-corrected chi connectivity index (χ1v) is 29.0. The number of hydrogen-bond donors (Lipinski definition) is 0. The molecule has 0 aromatic heterocycles. The number of nitrogens with zero attached hydrogens (tertiary/aromatic N) is 2. The molecule has 0 aromatic rings. The first-order valence-electron chi connectivity index (χ1n) is 22.7. The van der Waals surface area contributed by atoms with Crippen molar-refractivity contribution in [3.8, 4) is 0 Å². The van der Waals surface area contributed by atoms with Crippen molar-refractivity contribution in [3.63, 3.8) is 0 Å². The van der Waals surface area contributed by atoms with Crippen molar-refractivity contribution in [2.24, 2.45) is 34.5 Å². The Morgan fingerprint density at radius 1 is 0.625 bits per heavy atom. The van der Waals surface area contributed by atoms with Crippen molar-refractivity contribution < 1.29 is 94.0 Å². The molecule has 8 unspecified atom stereocenters. The van der Waals surface area contributed by atoms with Gasteiger partial charge in [0, 0.05) is 144 Å². The minimum Gasteiger partial charge on any atom is -0.522 e. The topological polar surface area (TPSA) is 77.5 Å². The molecular formula is C52H82I2N2O6Y2-4. The molecule has 6 saturated carbocycles. The van der Waals surface area contributed by atoms with E-state index in [-0.39, 0.29) is 89.8 Å². The van der Waals surface area contributed by atoms with Gasteiger partial charge >= 0.3 is 0 Å². The van der Waals surface area contributed by atoms with Gasteiger partial charge in [-0.15, -0.1) is 0 Å². The van der Waals surface area contributed by atoms with E-state index in [1.807, 2.05) is 0 Å². The van der Waals surface area contributed by atoms with Crippen molar-refractivity contribution in [2.75, 3.05) is 56.6 Å². The summed E-state index contributed by atoms with van der Waals surface area (Å²) < 4.78 is 22.5. The van der Waals surface area contributed by atoms with Gasteiger partial charge in [-0.3, -0.25) is 0 Å². The smallest absolute Gasteiger partial charge is 0.0842 e. The molecule has 64 heavy (non-hydrogen) atoms. The summed E-state index contributed by atoms with van der Waals surface area (Å²) in [5.74, 6) is 3.09. The number of ether oxygens (including phenoxy) is 4. The van der Waals surface area contributed by atoms with Crippen LogP contribution in [0.3, 0.4) is 0 Å². The molecule has 0 aliphatic heterocycles. The second-order valence-electron chi connectivity index (χ2n) is 18.8. The molecule has 2 amide bonds. The molecule has 6 fully saturated rings. The molecular weight excluding hydrogens is 1180 g/mol. The van der Waals surface area contributed by atoms with E-state index in [1.54, 1.807) is 80.6 Å². The van der Waals surface area contributed by atoms with Crippen LogP contribution in [0.4, 0.5) is 0 Å². The minimum absolute atomic E-state index is 0. The number of hydrogen-bond acceptors (Lipinski definition) is 6. The summed E-state index contributed by atoms with van der Waals surface area (Å²) in [6.45, 7) is 18.2. The van der Waals surface area contributed by atoms with Crippen LogP contribution in [0.15, 0.2) is 70.9 Å². The van der Waals surface area contributed by atoms with Crippen LogP contribution in [0.2, 0.25) is 0 Å². The second kappa shape index (κ2) is 33.5. The summed E-state index contributed by atoms with van der Waals surface area (Å²) in [6.07, 6.45) is 35.3. The van der Waals surface area contributed by atoms with Gasteiger partial charge in [0.2, 0.25) is 0 Å². The van der Waals surface area contributed by atoms with Crippen LogP contribution in [0.5, 0.6) is 0 Å². The van der Waals surface area contributed by atoms with Gasteiger partial charge < -0.3 is 51.2 Å². The maximum absolute atomic E-state index is 9.31. The van der Waals surface area contributed by atoms with E-state index in [0.717, 1.165) is 60.5 Å². The number of carbonyl (C=O) groups excluding carboxylic acids is 2. The van der Waals surface area contributed by atoms with Gasteiger partial charge in [-0.05, 0) is 127 Å². The van der Waals surface area contributed by atoms with E-state index in [1.165, 1.54) is 85.2 Å². The summed E-state index contributed by atoms with van der Waals surface area (Å²) in [5.41, 5.74) is 9.16. The quantitative estimate of drug-likeness (QED) is 0.123. The normalized spacial score (nSPS) is 34.1. The third-order valence-electron chi connectivity index (χ3n) is 14.9. The number of amides is 2. The maximum Gasteiger partial charge on any atom is 0.0842 e. The zero-order valence-corrected chi connectivity index (χ0v) is 51.6. The number of fused-ring (bicyclic) bond motifs is 2. The summed E-state index contributed by atoms with van der Waals surface area (Å²) in [4.78, 5) is 21.2. The van der Waals surface area contributed by atoms with Crippen LogP contribution in [-0.2, 0) is 94.0 Å². The Balaban J connectivity index is 0.000000968. The molecule has 0 aromatic carbocycles. The van der Waals surface area contributed by atoms with Crippen LogP contribution < -0.4 is 0 Å². The van der Waals surface area contributed by atoms with Gasteiger partial charge in [-0.1, -0.05) is 86.1 Å². The molecule has 360 valence electrons. The van der Waals surface area contributed by atoms with Crippen molar-refractivity contribution in [1.29, 1.82) is 0 Å². The van der Waals surface area contributed by atoms with Crippen LogP contribution >= 0.6 is 37.2 Å². The van der Waals surface area contributed by atoms with Crippen molar-refractivity contribution in [1.82, 2.24) is 9.80 Å². The number of methoxy groups -OCH3 is 4. The predicted octanol–water partition coefficient (Wildman–Crippen LogP) is 12.3. The number of rotatable bonds is 10. The average Bonchev–Trinajstić information content (AvgIpc) is 3.82. The minimum atomic E-state index is 0. The van der Waals surface area contributed by atoms with Gasteiger partial charge in [0.1, 0.15) is 0 Å². The number of allylic oxidation sites excluding steroid dienone is 6. The van der Waals surface area contributed by atoms with Gasteiger partial charge in [0.25, 0.3) is 0 Å². The molecule has 10 atom stereocenters. The van der Waals surface area contributed by atoms with E-state index in [9.17, 15) is 9.59 Å². The van der Waals surface area contributed by atoms with E-state index in [2.05, 4.69) is 115 Å². The largest absolute Gasteiger partial charge is 0.522 e. The molecule has 0 bridgehead atoms. The Bertz CT molecular complexity index is 1440. The average molecular weight is 1260 g/mol. The standard InChI is InChI=1S/2C23H35O2.2C3H6NO.I2.2Y/c2*1-6-19-11-12-21-17(8-7-13-23(19,21)3)9-10-18-14-20(24-4)15-22(25-5)16(18)2;2*1-4(2)3-5;1-2;;/h2*6,9-10,19-22H,2,7-8,11-15H2,1,3-5H3;2*1-2H3;;;/q4*-1;;;/b17-9+,18-10+;17-9+,18-10-;;;;;/t2*19?,20?,21?,22?,23-;;;;;/m11...../s1. The van der Waals surface area contributed by atoms with Gasteiger partial charge in [0.15, 0.2) is 0 Å². The molecule has 2 radical (unpaired) electrons. The van der Waals surface area contributed by atoms with Gasteiger partial charge in [-0.2, -0.15) is 38.5 Å². The zero-order chi connectivity index (χ0) is 46.6. The van der Waals surface area contributed by atoms with Crippen LogP contribution in [0, 0.1) is 47.3 Å². The second-order valence-corrected chi connectivity index (χ2v) is 18.8. The monoisotopic (exact) mass is 1260 g/mol. The molecule has 12 heteroatoms. The molecule has 0 N–H and O–H groups in total. The fourth-order valence-electron chi connectivity index (χ4n) is 11.4. The third kappa shape index (κ3) is 18.2. The Morgan fingerprint density at radius 2 is 0.953 bits per heavy atom. The van der Waals surface area contributed by atoms with Crippen LogP contribution in [0.1, 0.15) is 118 Å². The SMILES string of the molecule is C=C1/C(=C/C=C2\CCC[C@]3(C)C([CH-]C)CCC23)CC(OC)CC1OC.C=C1/C(=C\C=C2/CCC[C@]3(C)C([CH-]C)CCC23)CC(OC)CC1OC.CN(C)[C-]=O.CN(C)[C-]=O.II.[Y].[Y]. The van der Waals surface area contributed by atoms with Crippen molar-refractivity contribution in [3.05, 3.63) is 83.7 Å². The first kappa shape index (κ1) is 64.9. The molecule has 6 rings (SSSR count). The van der Waals surface area contributed by atoms with Gasteiger partial charge in [0.05, 0.1) is 24.4 Å². The van der Waals surface area contributed by atoms with Gasteiger partial charge in [-0.25, -0.2) is 0 Å². The Labute approximate surface area is 465 Å². The van der Waals surface area contributed by atoms with Crippen LogP contribution in [0.25, 0.3) is 0 Å². The maximum atomic E-state index is 9.31. The molecule has 8 nitrogen and oxygen atoms in total. The zero-order valence-electron chi connectivity index (χ0n) is 41.7. The molecule has 6 aliphatic rings. The Hall–Kier alpha value is 0.888. The summed E-state index contributed by atoms with van der Waals surface area (Å²) >= 11 is 4.24. The van der Waals surface area contributed by atoms with E-state index < -0.39 is 0 Å². The molecule has 0 saturated heterocycles. The summed E-state index contributed by atoms with van der Waals surface area (Å²) in [7, 11) is 13.7. The van der Waals surface area contributed by atoms with E-state index in [0.29, 0.717) is 10.8 Å². The summed E-state index contributed by atoms with van der Waals surface area (Å²) in [5, 5.41) is 0. The molecule has 0 spiro atoms.